The van der Waals surface area contributed by atoms with Crippen molar-refractivity contribution in [2.75, 3.05) is 11.8 Å². The van der Waals surface area contributed by atoms with Gasteiger partial charge >= 0.3 is 0 Å². The zero-order valence-corrected chi connectivity index (χ0v) is 15.2. The van der Waals surface area contributed by atoms with Crippen LogP contribution >= 0.6 is 15.9 Å². The van der Waals surface area contributed by atoms with E-state index in [2.05, 4.69) is 20.7 Å². The minimum atomic E-state index is -3.72. The largest absolute Gasteiger partial charge is 0.495 e. The van der Waals surface area contributed by atoms with E-state index >= 15 is 0 Å². The number of anilines is 1. The van der Waals surface area contributed by atoms with Crippen LogP contribution in [0.5, 0.6) is 5.75 Å². The molecular weight excluding hydrogens is 378 g/mol. The van der Waals surface area contributed by atoms with E-state index in [9.17, 15) is 8.42 Å². The summed E-state index contributed by atoms with van der Waals surface area (Å²) in [5, 5.41) is 0. The lowest BCUT2D eigenvalue weighted by atomic mass is 9.92. The van der Waals surface area contributed by atoms with E-state index in [0.29, 0.717) is 15.9 Å². The van der Waals surface area contributed by atoms with Crippen LogP contribution in [0.15, 0.2) is 45.8 Å². The molecule has 0 aliphatic heterocycles. The highest BCUT2D eigenvalue weighted by Gasteiger charge is 2.23. The number of sulfonamides is 1. The number of rotatable bonds is 4. The van der Waals surface area contributed by atoms with Crippen LogP contribution in [-0.2, 0) is 22.9 Å². The predicted molar refractivity (Wildman–Crippen MR) is 94.6 cm³/mol. The summed E-state index contributed by atoms with van der Waals surface area (Å²) >= 11 is 3.36. The van der Waals surface area contributed by atoms with E-state index in [1.54, 1.807) is 24.3 Å². The van der Waals surface area contributed by atoms with Gasteiger partial charge < -0.3 is 4.74 Å². The Morgan fingerprint density at radius 2 is 1.74 bits per heavy atom. The second-order valence-corrected chi connectivity index (χ2v) is 8.07. The Hall–Kier alpha value is -1.53. The van der Waals surface area contributed by atoms with Gasteiger partial charge in [0.05, 0.1) is 12.8 Å². The fourth-order valence-electron chi connectivity index (χ4n) is 2.85. The summed E-state index contributed by atoms with van der Waals surface area (Å²) in [7, 11) is -2.22. The van der Waals surface area contributed by atoms with Gasteiger partial charge in [-0.1, -0.05) is 12.1 Å². The van der Waals surface area contributed by atoms with Crippen molar-refractivity contribution in [3.05, 3.63) is 52.0 Å². The fraction of sp³-hybridized carbons (Fsp3) is 0.294. The van der Waals surface area contributed by atoms with Gasteiger partial charge in [0, 0.05) is 4.47 Å². The number of hydrogen-bond donors (Lipinski definition) is 1. The molecule has 1 N–H and O–H groups in total. The smallest absolute Gasteiger partial charge is 0.265 e. The molecule has 0 fully saturated rings. The molecule has 0 aromatic heterocycles. The molecule has 2 aromatic carbocycles. The summed E-state index contributed by atoms with van der Waals surface area (Å²) in [6, 6.07) is 10.7. The Morgan fingerprint density at radius 3 is 2.39 bits per heavy atom. The molecular formula is C17H18BrNO3S. The van der Waals surface area contributed by atoms with Crippen molar-refractivity contribution >= 4 is 31.6 Å². The van der Waals surface area contributed by atoms with E-state index in [1.807, 2.05) is 12.1 Å². The van der Waals surface area contributed by atoms with Crippen LogP contribution in [0.25, 0.3) is 0 Å². The fourth-order valence-corrected chi connectivity index (χ4v) is 4.65. The number of hydrogen-bond acceptors (Lipinski definition) is 3. The molecule has 0 saturated carbocycles. The van der Waals surface area contributed by atoms with Crippen molar-refractivity contribution in [3.63, 3.8) is 0 Å². The first kappa shape index (κ1) is 16.3. The maximum Gasteiger partial charge on any atom is 0.265 e. The molecule has 2 aromatic rings. The number of nitrogens with one attached hydrogen (secondary N) is 1. The molecule has 0 unspecified atom stereocenters. The van der Waals surface area contributed by atoms with Crippen LogP contribution in [0.1, 0.15) is 24.0 Å². The highest BCUT2D eigenvalue weighted by Crippen LogP contribution is 2.33. The van der Waals surface area contributed by atoms with E-state index < -0.39 is 10.0 Å². The van der Waals surface area contributed by atoms with Crippen molar-refractivity contribution in [1.29, 1.82) is 0 Å². The number of fused-ring (bicyclic) bond motifs is 1. The topological polar surface area (TPSA) is 55.4 Å². The molecule has 0 spiro atoms. The van der Waals surface area contributed by atoms with Crippen LogP contribution in [0.3, 0.4) is 0 Å². The monoisotopic (exact) mass is 395 g/mol. The SMILES string of the molecule is COc1cc2c(cc1S(=O)(=O)Nc1ccccc1Br)CCCC2. The lowest BCUT2D eigenvalue weighted by Crippen LogP contribution is -2.16. The zero-order chi connectivity index (χ0) is 16.4. The maximum atomic E-state index is 12.8. The quantitative estimate of drug-likeness (QED) is 0.845. The number of para-hydroxylation sites is 1. The van der Waals surface area contributed by atoms with Gasteiger partial charge in [-0.05, 0) is 77.0 Å². The molecule has 4 nitrogen and oxygen atoms in total. The van der Waals surface area contributed by atoms with Crippen LogP contribution in [0.4, 0.5) is 5.69 Å². The van der Waals surface area contributed by atoms with Gasteiger partial charge in [-0.15, -0.1) is 0 Å². The van der Waals surface area contributed by atoms with E-state index in [4.69, 9.17) is 4.74 Å². The lowest BCUT2D eigenvalue weighted by Gasteiger charge is -2.19. The first-order valence-electron chi connectivity index (χ1n) is 7.48. The van der Waals surface area contributed by atoms with Crippen molar-refractivity contribution in [3.8, 4) is 5.75 Å². The van der Waals surface area contributed by atoms with E-state index in [-0.39, 0.29) is 4.90 Å². The molecule has 0 heterocycles. The molecule has 0 amide bonds. The number of aryl methyl sites for hydroxylation is 2. The molecule has 1 aliphatic rings. The maximum absolute atomic E-state index is 12.8. The number of halogens is 1. The highest BCUT2D eigenvalue weighted by atomic mass is 79.9. The second-order valence-electron chi connectivity index (χ2n) is 5.56. The highest BCUT2D eigenvalue weighted by molar-refractivity contribution is 9.10. The van der Waals surface area contributed by atoms with Crippen molar-refractivity contribution in [2.45, 2.75) is 30.6 Å². The van der Waals surface area contributed by atoms with E-state index in [0.717, 1.165) is 31.2 Å². The summed E-state index contributed by atoms with van der Waals surface area (Å²) in [6.07, 6.45) is 4.12. The molecule has 122 valence electrons. The van der Waals surface area contributed by atoms with Crippen LogP contribution < -0.4 is 9.46 Å². The van der Waals surface area contributed by atoms with Gasteiger partial charge in [-0.2, -0.15) is 0 Å². The number of benzene rings is 2. The van der Waals surface area contributed by atoms with Crippen molar-refractivity contribution in [1.82, 2.24) is 0 Å². The van der Waals surface area contributed by atoms with Crippen molar-refractivity contribution in [2.24, 2.45) is 0 Å². The van der Waals surface area contributed by atoms with E-state index in [1.165, 1.54) is 12.7 Å². The van der Waals surface area contributed by atoms with Crippen molar-refractivity contribution < 1.29 is 13.2 Å². The van der Waals surface area contributed by atoms with Gasteiger partial charge in [0.15, 0.2) is 0 Å². The normalized spacial score (nSPS) is 14.2. The number of methoxy groups -OCH3 is 1. The zero-order valence-electron chi connectivity index (χ0n) is 12.8. The van der Waals surface area contributed by atoms with Gasteiger partial charge in [-0.25, -0.2) is 8.42 Å². The standard InChI is InChI=1S/C17H18BrNO3S/c1-22-16-10-12-6-2-3-7-13(12)11-17(16)23(20,21)19-15-9-5-4-8-14(15)18/h4-5,8-11,19H,2-3,6-7H2,1H3. The Balaban J connectivity index is 2.04. The molecule has 0 bridgehead atoms. The Bertz CT molecular complexity index is 834. The van der Waals surface area contributed by atoms with Gasteiger partial charge in [0.1, 0.15) is 10.6 Å². The first-order chi connectivity index (χ1) is 11.0. The minimum Gasteiger partial charge on any atom is -0.495 e. The molecule has 0 radical (unpaired) electrons. The summed E-state index contributed by atoms with van der Waals surface area (Å²) in [4.78, 5) is 0.191. The number of ether oxygens (including phenoxy) is 1. The Kier molecular flexibility index (Phi) is 4.64. The first-order valence-corrected chi connectivity index (χ1v) is 9.76. The molecule has 23 heavy (non-hydrogen) atoms. The van der Waals surface area contributed by atoms with Gasteiger partial charge in [-0.3, -0.25) is 4.72 Å². The third-order valence-corrected chi connectivity index (χ3v) is 6.11. The molecule has 0 atom stereocenters. The predicted octanol–water partition coefficient (Wildman–Crippen LogP) is 4.14. The van der Waals surface area contributed by atoms with Gasteiger partial charge in [0.2, 0.25) is 0 Å². The summed E-state index contributed by atoms with van der Waals surface area (Å²) in [5.41, 5.74) is 2.80. The molecule has 1 aliphatic carbocycles. The Labute approximate surface area is 145 Å². The third kappa shape index (κ3) is 3.38. The molecule has 3 rings (SSSR count). The summed E-state index contributed by atoms with van der Waals surface area (Å²) < 4.78 is 34.3. The molecule has 6 heteroatoms. The third-order valence-electron chi connectivity index (χ3n) is 4.04. The molecule has 0 saturated heterocycles. The lowest BCUT2D eigenvalue weighted by molar-refractivity contribution is 0.401. The summed E-state index contributed by atoms with van der Waals surface area (Å²) in [6.45, 7) is 0. The Morgan fingerprint density at radius 1 is 1.09 bits per heavy atom. The van der Waals surface area contributed by atoms with Gasteiger partial charge in [0.25, 0.3) is 10.0 Å². The average molecular weight is 396 g/mol. The average Bonchev–Trinajstić information content (AvgIpc) is 2.55. The van der Waals surface area contributed by atoms with Crippen LogP contribution in [0.2, 0.25) is 0 Å². The minimum absolute atomic E-state index is 0.191. The second kappa shape index (κ2) is 6.53. The van der Waals surface area contributed by atoms with Crippen LogP contribution in [0, 0.1) is 0 Å². The summed E-state index contributed by atoms with van der Waals surface area (Å²) in [5.74, 6) is 0.394. The van der Waals surface area contributed by atoms with Crippen LogP contribution in [-0.4, -0.2) is 15.5 Å².